The summed E-state index contributed by atoms with van der Waals surface area (Å²) in [5.74, 6) is 1.51. The van der Waals surface area contributed by atoms with Gasteiger partial charge in [0.25, 0.3) is 0 Å². The van der Waals surface area contributed by atoms with E-state index in [9.17, 15) is 0 Å². The number of hydrogen-bond donors (Lipinski definition) is 0. The first-order chi connectivity index (χ1) is 22.7. The molecule has 0 aliphatic heterocycles. The molecule has 0 spiro atoms. The molecular weight excluding hydrogens is 555 g/mol. The molecule has 0 saturated carbocycles. The number of rotatable bonds is 13. The Morgan fingerprint density at radius 1 is 0.826 bits per heavy atom. The van der Waals surface area contributed by atoms with Crippen LogP contribution in [0.5, 0.6) is 0 Å². The third-order valence-corrected chi connectivity index (χ3v) is 11.5. The monoisotopic (exact) mass is 607 g/mol. The summed E-state index contributed by atoms with van der Waals surface area (Å²) >= 11 is 0. The Labute approximate surface area is 278 Å². The lowest BCUT2D eigenvalue weighted by molar-refractivity contribution is 0.264. The molecule has 238 valence electrons. The van der Waals surface area contributed by atoms with Crippen LogP contribution in [0, 0.1) is 11.8 Å². The van der Waals surface area contributed by atoms with Crippen LogP contribution in [0.1, 0.15) is 119 Å². The fourth-order valence-electron chi connectivity index (χ4n) is 9.13. The van der Waals surface area contributed by atoms with Crippen molar-refractivity contribution in [1.29, 1.82) is 0 Å². The summed E-state index contributed by atoms with van der Waals surface area (Å²) in [5, 5.41) is 1.41. The van der Waals surface area contributed by atoms with E-state index in [0.717, 1.165) is 19.3 Å². The minimum atomic E-state index is 0.266. The van der Waals surface area contributed by atoms with E-state index in [1.54, 1.807) is 11.1 Å². The Hall–Kier alpha value is -3.58. The molecule has 1 nitrogen and oxygen atoms in total. The highest BCUT2D eigenvalue weighted by Crippen LogP contribution is 2.58. The molecule has 1 heterocycles. The molecule has 1 aromatic heterocycles. The molecule has 0 N–H and O–H groups in total. The van der Waals surface area contributed by atoms with Crippen LogP contribution >= 0.6 is 0 Å². The maximum atomic E-state index is 2.68. The molecule has 46 heavy (non-hydrogen) atoms. The maximum absolute atomic E-state index is 2.68. The molecule has 0 fully saturated rings. The van der Waals surface area contributed by atoms with Crippen LogP contribution in [0.3, 0.4) is 0 Å². The molecule has 0 radical (unpaired) electrons. The maximum Gasteiger partial charge on any atom is 0.0537 e. The minimum absolute atomic E-state index is 0.266. The Balaban J connectivity index is 1.12. The van der Waals surface area contributed by atoms with Crippen LogP contribution in [0.25, 0.3) is 22.7 Å². The highest BCUT2D eigenvalue weighted by molar-refractivity contribution is 5.93. The summed E-state index contributed by atoms with van der Waals surface area (Å²) in [7, 11) is 0. The largest absolute Gasteiger partial charge is 0.310 e. The van der Waals surface area contributed by atoms with Crippen LogP contribution in [0.4, 0.5) is 0 Å². The van der Waals surface area contributed by atoms with E-state index in [1.165, 1.54) is 97.6 Å². The molecule has 3 aromatic rings. The second-order valence-corrected chi connectivity index (χ2v) is 14.3. The first-order valence-corrected chi connectivity index (χ1v) is 18.6. The third kappa shape index (κ3) is 5.87. The Bertz CT molecular complexity index is 1700. The molecule has 2 aromatic carbocycles. The second-order valence-electron chi connectivity index (χ2n) is 14.3. The molecule has 4 aliphatic rings. The fourth-order valence-corrected chi connectivity index (χ4v) is 9.13. The summed E-state index contributed by atoms with van der Waals surface area (Å²) in [5.41, 5.74) is 10.4. The van der Waals surface area contributed by atoms with E-state index in [4.69, 9.17) is 0 Å². The van der Waals surface area contributed by atoms with Crippen LogP contribution in [-0.2, 0) is 11.8 Å². The molecule has 3 unspecified atom stereocenters. The summed E-state index contributed by atoms with van der Waals surface area (Å²) in [6.45, 7) is 4.67. The van der Waals surface area contributed by atoms with Gasteiger partial charge < -0.3 is 4.57 Å². The zero-order valence-electron chi connectivity index (χ0n) is 28.3. The Morgan fingerprint density at radius 3 is 2.39 bits per heavy atom. The van der Waals surface area contributed by atoms with Crippen molar-refractivity contribution in [3.8, 4) is 0 Å². The minimum Gasteiger partial charge on any atom is -0.310 e. The number of aryl methyl sites for hydroxylation is 1. The molecule has 1 heteroatoms. The van der Waals surface area contributed by atoms with Crippen molar-refractivity contribution < 1.29 is 0 Å². The van der Waals surface area contributed by atoms with Crippen molar-refractivity contribution in [1.82, 2.24) is 4.57 Å². The number of nitrogens with zero attached hydrogens (tertiary/aromatic N) is 1. The van der Waals surface area contributed by atoms with Crippen LogP contribution in [-0.4, -0.2) is 4.57 Å². The average molecular weight is 608 g/mol. The van der Waals surface area contributed by atoms with Gasteiger partial charge >= 0.3 is 0 Å². The van der Waals surface area contributed by atoms with Crippen LogP contribution in [0.2, 0.25) is 0 Å². The zero-order chi connectivity index (χ0) is 31.3. The van der Waals surface area contributed by atoms with Gasteiger partial charge in [-0.25, -0.2) is 0 Å². The number of allylic oxidation sites excluding steroid dienone is 11. The number of aromatic nitrogens is 1. The van der Waals surface area contributed by atoms with Gasteiger partial charge in [0.05, 0.1) is 5.52 Å². The lowest BCUT2D eigenvalue weighted by atomic mass is 9.65. The van der Waals surface area contributed by atoms with E-state index in [0.29, 0.717) is 17.8 Å². The van der Waals surface area contributed by atoms with Gasteiger partial charge in [-0.3, -0.25) is 0 Å². The fraction of sp³-hybridized carbons (Fsp3) is 0.422. The highest BCUT2D eigenvalue weighted by Gasteiger charge is 2.49. The van der Waals surface area contributed by atoms with Gasteiger partial charge in [0.2, 0.25) is 0 Å². The number of unbranched alkanes of at least 4 members (excludes halogenated alkanes) is 6. The number of para-hydroxylation sites is 1. The van der Waals surface area contributed by atoms with Gasteiger partial charge in [-0.2, -0.15) is 0 Å². The molecule has 0 amide bonds. The van der Waals surface area contributed by atoms with Gasteiger partial charge in [0.1, 0.15) is 0 Å². The number of hydrogen-bond acceptors (Lipinski definition) is 0. The van der Waals surface area contributed by atoms with Gasteiger partial charge in [0, 0.05) is 28.1 Å². The quantitative estimate of drug-likeness (QED) is 0.170. The number of fused-ring (bicyclic) bond motifs is 6. The van der Waals surface area contributed by atoms with E-state index in [-0.39, 0.29) is 5.41 Å². The van der Waals surface area contributed by atoms with Crippen molar-refractivity contribution >= 4 is 22.7 Å². The van der Waals surface area contributed by atoms with Gasteiger partial charge in [-0.1, -0.05) is 156 Å². The molecule has 3 atom stereocenters. The lowest BCUT2D eigenvalue weighted by Gasteiger charge is -2.38. The molecule has 0 bridgehead atoms. The van der Waals surface area contributed by atoms with E-state index in [2.05, 4.69) is 128 Å². The van der Waals surface area contributed by atoms with Gasteiger partial charge in [-0.15, -0.1) is 0 Å². The molecule has 4 aliphatic carbocycles. The third-order valence-electron chi connectivity index (χ3n) is 11.5. The Morgan fingerprint density at radius 2 is 1.61 bits per heavy atom. The van der Waals surface area contributed by atoms with Gasteiger partial charge in [-0.05, 0) is 84.4 Å². The van der Waals surface area contributed by atoms with Crippen molar-refractivity contribution in [2.24, 2.45) is 11.8 Å². The summed E-state index contributed by atoms with van der Waals surface area (Å²) in [6.07, 6.45) is 41.1. The van der Waals surface area contributed by atoms with Crippen molar-refractivity contribution in [2.45, 2.75) is 109 Å². The smallest absolute Gasteiger partial charge is 0.0537 e. The highest BCUT2D eigenvalue weighted by atomic mass is 15.0. The normalized spacial score (nSPS) is 22.6. The summed E-state index contributed by atoms with van der Waals surface area (Å²) in [6, 6.07) is 18.4. The lowest BCUT2D eigenvalue weighted by Crippen LogP contribution is -2.33. The SMILES string of the molecule is CCCCCCC1(CCCCCC)c2ccccc2C2C=CC(/C=C/C3C=CC(n4c5c(c6ccccc64)CCC=C5)=CC3)=CC21. The second kappa shape index (κ2) is 14.0. The molecule has 0 saturated heterocycles. The summed E-state index contributed by atoms with van der Waals surface area (Å²) in [4.78, 5) is 0. The average Bonchev–Trinajstić information content (AvgIpc) is 3.58. The first kappa shape index (κ1) is 31.0. The number of benzene rings is 2. The predicted molar refractivity (Wildman–Crippen MR) is 199 cm³/mol. The van der Waals surface area contributed by atoms with E-state index < -0.39 is 0 Å². The molecular formula is C45H53N. The standard InChI is InChI=1S/C45H53N/c1-3-5-7-15-31-45(32-16-8-6-4-2)41-20-12-9-17-37(41)38-30-27-35(33-42(38)45)24-23-34-25-28-36(29-26-34)46-43-21-13-10-18-39(43)40-19-11-14-22-44(40)46/h9-10,12-14,17-18,20-25,27-30,33-34,38,42H,3-8,11,15-16,19,26,31-32H2,1-2H3/b24-23+. The zero-order valence-corrected chi connectivity index (χ0v) is 28.3. The molecule has 7 rings (SSSR count). The van der Waals surface area contributed by atoms with Crippen LogP contribution in [0.15, 0.2) is 109 Å². The van der Waals surface area contributed by atoms with Crippen molar-refractivity contribution in [3.63, 3.8) is 0 Å². The summed E-state index contributed by atoms with van der Waals surface area (Å²) < 4.78 is 2.49. The van der Waals surface area contributed by atoms with Gasteiger partial charge in [0.15, 0.2) is 0 Å². The Kier molecular flexibility index (Phi) is 9.48. The van der Waals surface area contributed by atoms with E-state index in [1.807, 2.05) is 0 Å². The van der Waals surface area contributed by atoms with Crippen LogP contribution < -0.4 is 0 Å². The van der Waals surface area contributed by atoms with E-state index >= 15 is 0 Å². The first-order valence-electron chi connectivity index (χ1n) is 18.6. The van der Waals surface area contributed by atoms with Crippen molar-refractivity contribution in [2.75, 3.05) is 0 Å². The topological polar surface area (TPSA) is 4.93 Å². The predicted octanol–water partition coefficient (Wildman–Crippen LogP) is 12.7. The van der Waals surface area contributed by atoms with Crippen molar-refractivity contribution in [3.05, 3.63) is 131 Å².